The molecule has 1 unspecified atom stereocenters. The van der Waals surface area contributed by atoms with Crippen LogP contribution < -0.4 is 0 Å². The standard InChI is InChI=1S/C15H25NO5/c1-11(15(18)19)10-16(12-2-3-12)14(17)6-9-21-13-4-7-20-8-5-13/h11-13H,2-10H2,1H3,(H,18,19). The molecule has 0 aromatic rings. The second-order valence-corrected chi connectivity index (χ2v) is 5.95. The highest BCUT2D eigenvalue weighted by molar-refractivity contribution is 5.78. The Morgan fingerprint density at radius 2 is 1.95 bits per heavy atom. The van der Waals surface area contributed by atoms with Crippen LogP contribution in [0.5, 0.6) is 0 Å². The van der Waals surface area contributed by atoms with Gasteiger partial charge in [0.1, 0.15) is 0 Å². The predicted molar refractivity (Wildman–Crippen MR) is 75.9 cm³/mol. The predicted octanol–water partition coefficient (Wildman–Crippen LogP) is 1.28. The molecule has 2 fully saturated rings. The van der Waals surface area contributed by atoms with Crippen LogP contribution in [0.3, 0.4) is 0 Å². The Morgan fingerprint density at radius 3 is 2.52 bits per heavy atom. The van der Waals surface area contributed by atoms with E-state index in [0.717, 1.165) is 38.9 Å². The van der Waals surface area contributed by atoms with E-state index in [1.165, 1.54) is 0 Å². The first-order valence-corrected chi connectivity index (χ1v) is 7.79. The van der Waals surface area contributed by atoms with E-state index in [0.29, 0.717) is 19.6 Å². The average molecular weight is 299 g/mol. The lowest BCUT2D eigenvalue weighted by molar-refractivity contribution is -0.143. The van der Waals surface area contributed by atoms with Crippen molar-refractivity contribution in [2.45, 2.75) is 51.2 Å². The summed E-state index contributed by atoms with van der Waals surface area (Å²) in [4.78, 5) is 24.9. The molecule has 0 aromatic heterocycles. The molecule has 0 radical (unpaired) electrons. The summed E-state index contributed by atoms with van der Waals surface area (Å²) in [7, 11) is 0. The monoisotopic (exact) mass is 299 g/mol. The number of hydrogen-bond donors (Lipinski definition) is 1. The summed E-state index contributed by atoms with van der Waals surface area (Å²) < 4.78 is 11.0. The molecule has 1 aliphatic heterocycles. The lowest BCUT2D eigenvalue weighted by Gasteiger charge is -2.26. The maximum absolute atomic E-state index is 12.3. The lowest BCUT2D eigenvalue weighted by atomic mass is 10.1. The van der Waals surface area contributed by atoms with E-state index in [1.54, 1.807) is 11.8 Å². The summed E-state index contributed by atoms with van der Waals surface area (Å²) >= 11 is 0. The van der Waals surface area contributed by atoms with Crippen LogP contribution >= 0.6 is 0 Å². The van der Waals surface area contributed by atoms with Gasteiger partial charge in [0.2, 0.25) is 5.91 Å². The van der Waals surface area contributed by atoms with E-state index >= 15 is 0 Å². The fourth-order valence-electron chi connectivity index (χ4n) is 2.51. The quantitative estimate of drug-likeness (QED) is 0.731. The summed E-state index contributed by atoms with van der Waals surface area (Å²) in [6.07, 6.45) is 4.27. The molecule has 21 heavy (non-hydrogen) atoms. The molecule has 1 saturated heterocycles. The van der Waals surface area contributed by atoms with Crippen LogP contribution in [0.2, 0.25) is 0 Å². The van der Waals surface area contributed by atoms with Gasteiger partial charge in [-0.1, -0.05) is 6.92 Å². The SMILES string of the molecule is CC(CN(C(=O)CCOC1CCOCC1)C1CC1)C(=O)O. The van der Waals surface area contributed by atoms with Crippen molar-refractivity contribution in [3.05, 3.63) is 0 Å². The fourth-order valence-corrected chi connectivity index (χ4v) is 2.51. The van der Waals surface area contributed by atoms with Crippen molar-refractivity contribution in [1.29, 1.82) is 0 Å². The number of nitrogens with zero attached hydrogens (tertiary/aromatic N) is 1. The third-order valence-corrected chi connectivity index (χ3v) is 4.04. The van der Waals surface area contributed by atoms with Crippen molar-refractivity contribution in [3.8, 4) is 0 Å². The maximum atomic E-state index is 12.3. The highest BCUT2D eigenvalue weighted by atomic mass is 16.5. The Morgan fingerprint density at radius 1 is 1.29 bits per heavy atom. The first-order valence-electron chi connectivity index (χ1n) is 7.79. The van der Waals surface area contributed by atoms with Gasteiger partial charge in [0.25, 0.3) is 0 Å². The second kappa shape index (κ2) is 7.75. The summed E-state index contributed by atoms with van der Waals surface area (Å²) in [5.41, 5.74) is 0. The molecule has 2 aliphatic rings. The number of carbonyl (C=O) groups excluding carboxylic acids is 1. The summed E-state index contributed by atoms with van der Waals surface area (Å²) in [6, 6.07) is 0.238. The van der Waals surface area contributed by atoms with Crippen LogP contribution in [-0.2, 0) is 19.1 Å². The normalized spacial score (nSPS) is 21.0. The topological polar surface area (TPSA) is 76.1 Å². The lowest BCUT2D eigenvalue weighted by Crippen LogP contribution is -2.39. The highest BCUT2D eigenvalue weighted by Gasteiger charge is 2.34. The van der Waals surface area contributed by atoms with Gasteiger partial charge in [-0.3, -0.25) is 9.59 Å². The number of amides is 1. The van der Waals surface area contributed by atoms with Gasteiger partial charge in [-0.15, -0.1) is 0 Å². The first-order chi connectivity index (χ1) is 10.1. The largest absolute Gasteiger partial charge is 0.481 e. The Balaban J connectivity index is 1.72. The molecule has 0 bridgehead atoms. The van der Waals surface area contributed by atoms with Crippen LogP contribution in [0.25, 0.3) is 0 Å². The van der Waals surface area contributed by atoms with E-state index in [-0.39, 0.29) is 18.1 Å². The van der Waals surface area contributed by atoms with Crippen molar-refractivity contribution in [1.82, 2.24) is 4.90 Å². The van der Waals surface area contributed by atoms with E-state index in [1.807, 2.05) is 0 Å². The molecule has 1 heterocycles. The van der Waals surface area contributed by atoms with Gasteiger partial charge < -0.3 is 19.5 Å². The van der Waals surface area contributed by atoms with Crippen molar-refractivity contribution in [2.24, 2.45) is 5.92 Å². The minimum absolute atomic E-state index is 0.0117. The third-order valence-electron chi connectivity index (χ3n) is 4.04. The van der Waals surface area contributed by atoms with Gasteiger partial charge in [-0.25, -0.2) is 0 Å². The maximum Gasteiger partial charge on any atom is 0.308 e. The fraction of sp³-hybridized carbons (Fsp3) is 0.867. The molecule has 6 nitrogen and oxygen atoms in total. The molecule has 0 aromatic carbocycles. The molecule has 1 N–H and O–H groups in total. The molecule has 1 aliphatic carbocycles. The number of carboxylic acid groups (broad SMARTS) is 1. The van der Waals surface area contributed by atoms with E-state index in [9.17, 15) is 9.59 Å². The van der Waals surface area contributed by atoms with Crippen LogP contribution in [-0.4, -0.2) is 60.4 Å². The zero-order chi connectivity index (χ0) is 15.2. The number of carbonyl (C=O) groups is 2. The minimum Gasteiger partial charge on any atom is -0.481 e. The Bertz CT molecular complexity index is 363. The highest BCUT2D eigenvalue weighted by Crippen LogP contribution is 2.28. The van der Waals surface area contributed by atoms with E-state index < -0.39 is 11.9 Å². The average Bonchev–Trinajstić information content (AvgIpc) is 3.29. The van der Waals surface area contributed by atoms with Gasteiger partial charge in [0.05, 0.1) is 25.0 Å². The smallest absolute Gasteiger partial charge is 0.308 e. The zero-order valence-corrected chi connectivity index (χ0v) is 12.6. The van der Waals surface area contributed by atoms with Crippen LogP contribution in [0, 0.1) is 5.92 Å². The number of ether oxygens (including phenoxy) is 2. The molecular formula is C15H25NO5. The van der Waals surface area contributed by atoms with Crippen molar-refractivity contribution < 1.29 is 24.2 Å². The number of carboxylic acids is 1. The van der Waals surface area contributed by atoms with Gasteiger partial charge in [-0.05, 0) is 25.7 Å². The van der Waals surface area contributed by atoms with Crippen LogP contribution in [0.1, 0.15) is 39.0 Å². The summed E-state index contributed by atoms with van der Waals surface area (Å²) in [6.45, 7) is 3.81. The Hall–Kier alpha value is -1.14. The second-order valence-electron chi connectivity index (χ2n) is 5.95. The molecule has 120 valence electrons. The van der Waals surface area contributed by atoms with Crippen LogP contribution in [0.15, 0.2) is 0 Å². The molecule has 1 saturated carbocycles. The molecular weight excluding hydrogens is 274 g/mol. The Labute approximate surface area is 125 Å². The Kier molecular flexibility index (Phi) is 5.99. The summed E-state index contributed by atoms with van der Waals surface area (Å²) in [5.74, 6) is -1.37. The van der Waals surface area contributed by atoms with Gasteiger partial charge >= 0.3 is 5.97 Å². The molecule has 1 atom stereocenters. The molecule has 6 heteroatoms. The number of aliphatic carboxylic acids is 1. The van der Waals surface area contributed by atoms with Gasteiger partial charge in [-0.2, -0.15) is 0 Å². The van der Waals surface area contributed by atoms with Crippen molar-refractivity contribution in [3.63, 3.8) is 0 Å². The molecule has 2 rings (SSSR count). The number of hydrogen-bond acceptors (Lipinski definition) is 4. The van der Waals surface area contributed by atoms with Gasteiger partial charge in [0.15, 0.2) is 0 Å². The number of rotatable bonds is 8. The summed E-state index contributed by atoms with van der Waals surface area (Å²) in [5, 5.41) is 8.99. The van der Waals surface area contributed by atoms with Crippen LogP contribution in [0.4, 0.5) is 0 Å². The first kappa shape index (κ1) is 16.2. The van der Waals surface area contributed by atoms with Gasteiger partial charge in [0, 0.05) is 25.8 Å². The zero-order valence-electron chi connectivity index (χ0n) is 12.6. The van der Waals surface area contributed by atoms with E-state index in [2.05, 4.69) is 0 Å². The van der Waals surface area contributed by atoms with Crippen molar-refractivity contribution >= 4 is 11.9 Å². The van der Waals surface area contributed by atoms with E-state index in [4.69, 9.17) is 14.6 Å². The molecule has 0 spiro atoms. The third kappa shape index (κ3) is 5.28. The molecule has 1 amide bonds. The minimum atomic E-state index is -0.855. The van der Waals surface area contributed by atoms with Crippen molar-refractivity contribution in [2.75, 3.05) is 26.4 Å².